The van der Waals surface area contributed by atoms with Crippen LogP contribution in [0.25, 0.3) is 0 Å². The number of halogens is 1. The van der Waals surface area contributed by atoms with Gasteiger partial charge in [0.2, 0.25) is 6.54 Å². The number of pyridine rings is 1. The minimum Gasteiger partial charge on any atom is -0.318 e. The predicted octanol–water partition coefficient (Wildman–Crippen LogP) is 2.70. The highest BCUT2D eigenvalue weighted by atomic mass is 19.1. The van der Waals surface area contributed by atoms with Gasteiger partial charge in [-0.3, -0.25) is 4.79 Å². The highest BCUT2D eigenvalue weighted by molar-refractivity contribution is 5.89. The van der Waals surface area contributed by atoms with Crippen LogP contribution in [0.3, 0.4) is 0 Å². The van der Waals surface area contributed by atoms with E-state index in [2.05, 4.69) is 12.2 Å². The van der Waals surface area contributed by atoms with Gasteiger partial charge in [0, 0.05) is 12.1 Å². The summed E-state index contributed by atoms with van der Waals surface area (Å²) < 4.78 is 15.2. The number of amides is 1. The zero-order chi connectivity index (χ0) is 14.4. The first-order chi connectivity index (χ1) is 9.69. The second-order valence-electron chi connectivity index (χ2n) is 4.66. The Bertz CT molecular complexity index is 581. The molecule has 1 aromatic carbocycles. The molecule has 0 aliphatic heterocycles. The van der Waals surface area contributed by atoms with Crippen LogP contribution in [0, 0.1) is 5.82 Å². The van der Waals surface area contributed by atoms with Gasteiger partial charge in [-0.25, -0.2) is 4.39 Å². The van der Waals surface area contributed by atoms with Crippen LogP contribution in [0.1, 0.15) is 18.9 Å². The summed E-state index contributed by atoms with van der Waals surface area (Å²) in [6.07, 6.45) is 5.86. The molecular weight excluding hydrogens is 255 g/mol. The molecule has 3 nitrogen and oxygen atoms in total. The van der Waals surface area contributed by atoms with Crippen LogP contribution in [0.4, 0.5) is 10.1 Å². The summed E-state index contributed by atoms with van der Waals surface area (Å²) in [6.45, 7) is 2.30. The second kappa shape index (κ2) is 6.80. The molecule has 0 bridgehead atoms. The van der Waals surface area contributed by atoms with Crippen LogP contribution in [-0.4, -0.2) is 5.91 Å². The van der Waals surface area contributed by atoms with Crippen molar-refractivity contribution in [3.8, 4) is 0 Å². The van der Waals surface area contributed by atoms with Crippen LogP contribution >= 0.6 is 0 Å². The van der Waals surface area contributed by atoms with Crippen molar-refractivity contribution in [2.24, 2.45) is 0 Å². The summed E-state index contributed by atoms with van der Waals surface area (Å²) in [4.78, 5) is 11.8. The highest BCUT2D eigenvalue weighted by Gasteiger charge is 2.11. The maximum atomic E-state index is 13.4. The topological polar surface area (TPSA) is 33.0 Å². The average Bonchev–Trinajstić information content (AvgIpc) is 2.44. The lowest BCUT2D eigenvalue weighted by Crippen LogP contribution is -2.39. The largest absolute Gasteiger partial charge is 0.318 e. The fourth-order valence-corrected chi connectivity index (χ4v) is 1.97. The van der Waals surface area contributed by atoms with Crippen molar-refractivity contribution in [1.29, 1.82) is 0 Å². The predicted molar refractivity (Wildman–Crippen MR) is 75.7 cm³/mol. The fraction of sp³-hybridized carbons (Fsp3) is 0.250. The third-order valence-electron chi connectivity index (χ3n) is 2.97. The molecule has 0 unspecified atom stereocenters. The minimum absolute atomic E-state index is 0.167. The lowest BCUT2D eigenvalue weighted by molar-refractivity contribution is -0.684. The van der Waals surface area contributed by atoms with E-state index in [1.165, 1.54) is 11.6 Å². The molecule has 1 aromatic heterocycles. The summed E-state index contributed by atoms with van der Waals surface area (Å²) >= 11 is 0. The number of carbonyl (C=O) groups is 1. The molecule has 1 amide bonds. The Morgan fingerprint density at radius 2 is 1.90 bits per heavy atom. The van der Waals surface area contributed by atoms with Crippen LogP contribution in [0.5, 0.6) is 0 Å². The molecule has 0 aliphatic carbocycles. The van der Waals surface area contributed by atoms with E-state index in [1.807, 2.05) is 24.5 Å². The molecule has 0 spiro atoms. The first-order valence-corrected chi connectivity index (χ1v) is 6.71. The third kappa shape index (κ3) is 3.88. The van der Waals surface area contributed by atoms with Gasteiger partial charge in [0.25, 0.3) is 5.91 Å². The van der Waals surface area contributed by atoms with Crippen molar-refractivity contribution >= 4 is 11.6 Å². The first-order valence-electron chi connectivity index (χ1n) is 6.71. The Morgan fingerprint density at radius 1 is 1.20 bits per heavy atom. The van der Waals surface area contributed by atoms with Crippen molar-refractivity contribution in [3.05, 3.63) is 60.2 Å². The molecule has 2 rings (SSSR count). The Labute approximate surface area is 118 Å². The Kier molecular flexibility index (Phi) is 4.82. The lowest BCUT2D eigenvalue weighted by atomic mass is 10.2. The summed E-state index contributed by atoms with van der Waals surface area (Å²) in [5.41, 5.74) is 1.46. The molecular formula is C16H18FN2O+. The van der Waals surface area contributed by atoms with Gasteiger partial charge in [-0.2, -0.15) is 4.57 Å². The second-order valence-corrected chi connectivity index (χ2v) is 4.66. The molecule has 0 radical (unpaired) electrons. The summed E-state index contributed by atoms with van der Waals surface area (Å²) in [5, 5.41) is 2.56. The fourth-order valence-electron chi connectivity index (χ4n) is 1.97. The van der Waals surface area contributed by atoms with E-state index in [9.17, 15) is 9.18 Å². The number of rotatable bonds is 5. The average molecular weight is 273 g/mol. The molecule has 1 heterocycles. The molecule has 104 valence electrons. The van der Waals surface area contributed by atoms with Gasteiger partial charge < -0.3 is 5.32 Å². The Morgan fingerprint density at radius 3 is 2.55 bits per heavy atom. The van der Waals surface area contributed by atoms with Gasteiger partial charge in [0.15, 0.2) is 12.4 Å². The quantitative estimate of drug-likeness (QED) is 0.835. The molecule has 0 saturated heterocycles. The summed E-state index contributed by atoms with van der Waals surface area (Å²) in [6, 6.07) is 10.1. The van der Waals surface area contributed by atoms with E-state index >= 15 is 0 Å². The van der Waals surface area contributed by atoms with Crippen LogP contribution < -0.4 is 9.88 Å². The number of nitrogens with one attached hydrogen (secondary N) is 1. The molecule has 0 fully saturated rings. The molecule has 0 aliphatic rings. The number of aryl methyl sites for hydroxylation is 1. The van der Waals surface area contributed by atoms with Gasteiger partial charge in [-0.1, -0.05) is 25.5 Å². The van der Waals surface area contributed by atoms with Gasteiger partial charge in [0.1, 0.15) is 5.82 Å². The molecule has 20 heavy (non-hydrogen) atoms. The minimum atomic E-state index is -0.427. The number of nitrogens with zero attached hydrogens (tertiary/aromatic N) is 1. The van der Waals surface area contributed by atoms with Crippen molar-refractivity contribution in [2.75, 3.05) is 5.32 Å². The van der Waals surface area contributed by atoms with E-state index in [4.69, 9.17) is 0 Å². The number of carbonyl (C=O) groups excluding carboxylic acids is 1. The van der Waals surface area contributed by atoms with E-state index in [-0.39, 0.29) is 18.1 Å². The van der Waals surface area contributed by atoms with Crippen molar-refractivity contribution in [3.63, 3.8) is 0 Å². The number of benzene rings is 1. The highest BCUT2D eigenvalue weighted by Crippen LogP contribution is 2.11. The number of hydrogen-bond acceptors (Lipinski definition) is 1. The number of anilines is 1. The normalized spacial score (nSPS) is 10.3. The van der Waals surface area contributed by atoms with E-state index < -0.39 is 5.82 Å². The number of hydrogen-bond donors (Lipinski definition) is 1. The smallest absolute Gasteiger partial charge is 0.290 e. The summed E-state index contributed by atoms with van der Waals surface area (Å²) in [7, 11) is 0. The lowest BCUT2D eigenvalue weighted by Gasteiger charge is -2.04. The molecule has 1 N–H and O–H groups in total. The third-order valence-corrected chi connectivity index (χ3v) is 2.97. The summed E-state index contributed by atoms with van der Waals surface area (Å²) in [5.74, 6) is -0.674. The Balaban J connectivity index is 1.96. The van der Waals surface area contributed by atoms with Gasteiger partial charge in [-0.05, 0) is 24.1 Å². The molecule has 0 saturated carbocycles. The van der Waals surface area contributed by atoms with Crippen molar-refractivity contribution in [2.45, 2.75) is 26.3 Å². The van der Waals surface area contributed by atoms with Gasteiger partial charge in [0.05, 0.1) is 5.69 Å². The van der Waals surface area contributed by atoms with E-state index in [0.29, 0.717) is 0 Å². The van der Waals surface area contributed by atoms with Crippen LogP contribution in [-0.2, 0) is 17.8 Å². The monoisotopic (exact) mass is 273 g/mol. The van der Waals surface area contributed by atoms with Crippen molar-refractivity contribution in [1.82, 2.24) is 0 Å². The van der Waals surface area contributed by atoms with Gasteiger partial charge >= 0.3 is 0 Å². The zero-order valence-corrected chi connectivity index (χ0v) is 11.5. The van der Waals surface area contributed by atoms with Crippen LogP contribution in [0.15, 0.2) is 48.8 Å². The van der Waals surface area contributed by atoms with E-state index in [1.54, 1.807) is 22.8 Å². The van der Waals surface area contributed by atoms with Crippen molar-refractivity contribution < 1.29 is 13.8 Å². The molecule has 4 heteroatoms. The number of aromatic nitrogens is 1. The zero-order valence-electron chi connectivity index (χ0n) is 11.5. The number of para-hydroxylation sites is 1. The maximum absolute atomic E-state index is 13.4. The van der Waals surface area contributed by atoms with Gasteiger partial charge in [-0.15, -0.1) is 0 Å². The molecule has 2 aromatic rings. The molecule has 0 atom stereocenters. The van der Waals surface area contributed by atoms with Crippen LogP contribution in [0.2, 0.25) is 0 Å². The standard InChI is InChI=1S/C16H17FN2O/c1-2-5-13-8-10-19(11-9-13)12-16(20)18-15-7-4-3-6-14(15)17/h3-4,6-11H,2,5,12H2,1H3/p+1. The first kappa shape index (κ1) is 14.2. The Hall–Kier alpha value is -2.23. The maximum Gasteiger partial charge on any atom is 0.290 e. The van der Waals surface area contributed by atoms with E-state index in [0.717, 1.165) is 12.8 Å². The SMILES string of the molecule is CCCc1cc[n+](CC(=O)Nc2ccccc2F)cc1.